The molecule has 0 unspecified atom stereocenters. The van der Waals surface area contributed by atoms with Crippen LogP contribution in [0.4, 0.5) is 4.79 Å². The van der Waals surface area contributed by atoms with Crippen LogP contribution >= 0.6 is 22.9 Å². The molecule has 0 saturated carbocycles. The second-order valence-corrected chi connectivity index (χ2v) is 5.34. The molecule has 1 aromatic rings. The van der Waals surface area contributed by atoms with Crippen molar-refractivity contribution in [2.45, 2.75) is 24.8 Å². The number of urea groups is 1. The van der Waals surface area contributed by atoms with Gasteiger partial charge in [0.1, 0.15) is 5.01 Å². The number of carbonyl (C=O) groups excluding carboxylic acids is 1. The van der Waals surface area contributed by atoms with E-state index in [1.165, 1.54) is 0 Å². The highest BCUT2D eigenvalue weighted by Gasteiger charge is 2.20. The van der Waals surface area contributed by atoms with Crippen LogP contribution in [0.25, 0.3) is 0 Å². The SMILES string of the molecule is O=C(NCc1nccs1)N1CCC(Cl)CC1. The summed E-state index contributed by atoms with van der Waals surface area (Å²) in [6, 6.07) is -0.0150. The lowest BCUT2D eigenvalue weighted by atomic mass is 10.1. The van der Waals surface area contributed by atoms with E-state index in [1.54, 1.807) is 17.5 Å². The van der Waals surface area contributed by atoms with Gasteiger partial charge in [0.25, 0.3) is 0 Å². The second-order valence-electron chi connectivity index (χ2n) is 3.75. The molecule has 0 radical (unpaired) electrons. The van der Waals surface area contributed by atoms with Crippen molar-refractivity contribution in [3.05, 3.63) is 16.6 Å². The van der Waals surface area contributed by atoms with Crippen LogP contribution in [0.1, 0.15) is 17.8 Å². The molecule has 1 N–H and O–H groups in total. The number of hydrogen-bond donors (Lipinski definition) is 1. The Bertz CT molecular complexity index is 336. The number of thiazole rings is 1. The third-order valence-corrected chi connectivity index (χ3v) is 3.80. The van der Waals surface area contributed by atoms with E-state index in [-0.39, 0.29) is 11.4 Å². The summed E-state index contributed by atoms with van der Waals surface area (Å²) in [5.74, 6) is 0. The van der Waals surface area contributed by atoms with E-state index in [0.29, 0.717) is 6.54 Å². The molecule has 0 atom stereocenters. The minimum Gasteiger partial charge on any atom is -0.331 e. The third-order valence-electron chi connectivity index (χ3n) is 2.59. The summed E-state index contributed by atoms with van der Waals surface area (Å²) in [4.78, 5) is 17.7. The molecule has 4 nitrogen and oxygen atoms in total. The van der Waals surface area contributed by atoms with E-state index < -0.39 is 0 Å². The molecular formula is C10H14ClN3OS. The van der Waals surface area contributed by atoms with Crippen LogP contribution in [-0.2, 0) is 6.54 Å². The number of amides is 2. The van der Waals surface area contributed by atoms with Crippen LogP contribution in [-0.4, -0.2) is 34.4 Å². The fourth-order valence-electron chi connectivity index (χ4n) is 1.65. The van der Waals surface area contributed by atoms with Gasteiger partial charge in [-0.1, -0.05) is 0 Å². The normalized spacial score (nSPS) is 17.4. The summed E-state index contributed by atoms with van der Waals surface area (Å²) in [5.41, 5.74) is 0. The second kappa shape index (κ2) is 5.50. The van der Waals surface area contributed by atoms with Gasteiger partial charge in [0.2, 0.25) is 0 Å². The van der Waals surface area contributed by atoms with Gasteiger partial charge < -0.3 is 10.2 Å². The van der Waals surface area contributed by atoms with E-state index in [1.807, 2.05) is 10.3 Å². The molecule has 6 heteroatoms. The van der Waals surface area contributed by atoms with Crippen molar-refractivity contribution in [1.29, 1.82) is 0 Å². The number of rotatable bonds is 2. The monoisotopic (exact) mass is 259 g/mol. The summed E-state index contributed by atoms with van der Waals surface area (Å²) in [7, 11) is 0. The van der Waals surface area contributed by atoms with E-state index in [9.17, 15) is 4.79 Å². The Morgan fingerprint density at radius 2 is 2.38 bits per heavy atom. The van der Waals surface area contributed by atoms with Gasteiger partial charge in [-0.15, -0.1) is 22.9 Å². The van der Waals surface area contributed by atoms with Crippen molar-refractivity contribution in [3.63, 3.8) is 0 Å². The van der Waals surface area contributed by atoms with Gasteiger partial charge in [-0.05, 0) is 12.8 Å². The number of nitrogens with one attached hydrogen (secondary N) is 1. The predicted octanol–water partition coefficient (Wildman–Crippen LogP) is 2.06. The van der Waals surface area contributed by atoms with Crippen molar-refractivity contribution in [1.82, 2.24) is 15.2 Å². The van der Waals surface area contributed by atoms with Crippen LogP contribution in [0.5, 0.6) is 0 Å². The number of likely N-dealkylation sites (tertiary alicyclic amines) is 1. The Morgan fingerprint density at radius 1 is 1.62 bits per heavy atom. The molecule has 0 spiro atoms. The highest BCUT2D eigenvalue weighted by atomic mass is 35.5. The summed E-state index contributed by atoms with van der Waals surface area (Å²) in [5, 5.41) is 5.92. The zero-order valence-corrected chi connectivity index (χ0v) is 10.4. The fraction of sp³-hybridized carbons (Fsp3) is 0.600. The number of carbonyl (C=O) groups is 1. The lowest BCUT2D eigenvalue weighted by Crippen LogP contribution is -2.44. The first-order valence-corrected chi connectivity index (χ1v) is 6.62. The third kappa shape index (κ3) is 3.09. The lowest BCUT2D eigenvalue weighted by molar-refractivity contribution is 0.187. The van der Waals surface area contributed by atoms with Gasteiger partial charge in [-0.2, -0.15) is 0 Å². The highest BCUT2D eigenvalue weighted by molar-refractivity contribution is 7.09. The smallest absolute Gasteiger partial charge is 0.317 e. The van der Waals surface area contributed by atoms with Gasteiger partial charge in [0.15, 0.2) is 0 Å². The summed E-state index contributed by atoms with van der Waals surface area (Å²) in [6.45, 7) is 2.01. The van der Waals surface area contributed by atoms with Crippen molar-refractivity contribution < 1.29 is 4.79 Å². The quantitative estimate of drug-likeness (QED) is 0.827. The van der Waals surface area contributed by atoms with Gasteiger partial charge in [0.05, 0.1) is 6.54 Å². The molecule has 2 amide bonds. The Kier molecular flexibility index (Phi) is 4.01. The maximum Gasteiger partial charge on any atom is 0.317 e. The predicted molar refractivity (Wildman–Crippen MR) is 64.8 cm³/mol. The zero-order chi connectivity index (χ0) is 11.4. The fourth-order valence-corrected chi connectivity index (χ4v) is 2.41. The number of hydrogen-bond acceptors (Lipinski definition) is 3. The van der Waals surface area contributed by atoms with Crippen LogP contribution in [0, 0.1) is 0 Å². The molecular weight excluding hydrogens is 246 g/mol. The van der Waals surface area contributed by atoms with Gasteiger partial charge >= 0.3 is 6.03 Å². The van der Waals surface area contributed by atoms with Gasteiger partial charge in [-0.25, -0.2) is 9.78 Å². The highest BCUT2D eigenvalue weighted by Crippen LogP contribution is 2.15. The molecule has 2 heterocycles. The molecule has 2 rings (SSSR count). The van der Waals surface area contributed by atoms with Crippen LogP contribution in [0.2, 0.25) is 0 Å². The molecule has 1 fully saturated rings. The van der Waals surface area contributed by atoms with E-state index >= 15 is 0 Å². The molecule has 1 aliphatic heterocycles. The van der Waals surface area contributed by atoms with Crippen LogP contribution in [0.15, 0.2) is 11.6 Å². The Balaban J connectivity index is 1.75. The summed E-state index contributed by atoms with van der Waals surface area (Å²) < 4.78 is 0. The number of aromatic nitrogens is 1. The molecule has 0 aromatic carbocycles. The number of piperidine rings is 1. The van der Waals surface area contributed by atoms with Crippen LogP contribution in [0.3, 0.4) is 0 Å². The Labute approximate surface area is 104 Å². The molecule has 0 bridgehead atoms. The molecule has 1 aliphatic rings. The average Bonchev–Trinajstić information content (AvgIpc) is 2.80. The molecule has 1 aromatic heterocycles. The number of nitrogens with zero attached hydrogens (tertiary/aromatic N) is 2. The summed E-state index contributed by atoms with van der Waals surface area (Å²) >= 11 is 7.52. The van der Waals surface area contributed by atoms with E-state index in [2.05, 4.69) is 10.3 Å². The minimum absolute atomic E-state index is 0.0150. The van der Waals surface area contributed by atoms with E-state index in [4.69, 9.17) is 11.6 Å². The van der Waals surface area contributed by atoms with Gasteiger partial charge in [0, 0.05) is 30.0 Å². The van der Waals surface area contributed by atoms with E-state index in [0.717, 1.165) is 30.9 Å². The zero-order valence-electron chi connectivity index (χ0n) is 8.86. The standard InChI is InChI=1S/C10H14ClN3OS/c11-8-1-4-14(5-2-8)10(15)13-7-9-12-3-6-16-9/h3,6,8H,1-2,4-5,7H2,(H,13,15). The largest absolute Gasteiger partial charge is 0.331 e. The maximum atomic E-state index is 11.7. The van der Waals surface area contributed by atoms with Crippen molar-refractivity contribution in [2.24, 2.45) is 0 Å². The van der Waals surface area contributed by atoms with Crippen molar-refractivity contribution >= 4 is 29.0 Å². The Morgan fingerprint density at radius 3 is 3.00 bits per heavy atom. The first-order valence-electron chi connectivity index (χ1n) is 5.31. The molecule has 16 heavy (non-hydrogen) atoms. The molecule has 0 aliphatic carbocycles. The number of halogens is 1. The summed E-state index contributed by atoms with van der Waals surface area (Å²) in [6.07, 6.45) is 3.50. The van der Waals surface area contributed by atoms with Crippen molar-refractivity contribution in [2.75, 3.05) is 13.1 Å². The first-order chi connectivity index (χ1) is 7.75. The number of alkyl halides is 1. The molecule has 88 valence electrons. The lowest BCUT2D eigenvalue weighted by Gasteiger charge is -2.29. The molecule has 1 saturated heterocycles. The minimum atomic E-state index is -0.0150. The Hall–Kier alpha value is -0.810. The average molecular weight is 260 g/mol. The topological polar surface area (TPSA) is 45.2 Å². The van der Waals surface area contributed by atoms with Gasteiger partial charge in [-0.3, -0.25) is 0 Å². The first kappa shape index (κ1) is 11.7. The maximum absolute atomic E-state index is 11.7. The van der Waals surface area contributed by atoms with Crippen LogP contribution < -0.4 is 5.32 Å². The van der Waals surface area contributed by atoms with Crippen molar-refractivity contribution in [3.8, 4) is 0 Å².